The number of aromatic hydroxyl groups is 1. The maximum absolute atomic E-state index is 12.1. The van der Waals surface area contributed by atoms with Gasteiger partial charge in [0.2, 0.25) is 12.0 Å². The molecule has 1 amide bonds. The molecule has 0 aliphatic carbocycles. The molecule has 0 fully saturated rings. The molecule has 2 heterocycles. The third-order valence-corrected chi connectivity index (χ3v) is 3.81. The number of pyridine rings is 1. The molecular weight excluding hydrogens is 290 g/mol. The third-order valence-electron chi connectivity index (χ3n) is 3.81. The molecule has 0 saturated carbocycles. The second-order valence-electron chi connectivity index (χ2n) is 5.49. The van der Waals surface area contributed by atoms with Crippen molar-refractivity contribution in [2.45, 2.75) is 26.3 Å². The summed E-state index contributed by atoms with van der Waals surface area (Å²) in [6, 6.07) is 1.09. The molecule has 118 valence electrons. The minimum Gasteiger partial charge on any atom is -0.618 e. The van der Waals surface area contributed by atoms with Gasteiger partial charge in [0.05, 0.1) is 7.11 Å². The molecule has 8 heteroatoms. The van der Waals surface area contributed by atoms with Crippen LogP contribution in [0, 0.1) is 11.1 Å². The number of esters is 1. The van der Waals surface area contributed by atoms with Crippen LogP contribution in [0.15, 0.2) is 17.3 Å². The fourth-order valence-electron chi connectivity index (χ4n) is 2.10. The van der Waals surface area contributed by atoms with Crippen molar-refractivity contribution in [3.8, 4) is 5.75 Å². The number of aliphatic imine (C=N–C) groups is 1. The van der Waals surface area contributed by atoms with Crippen LogP contribution in [0.2, 0.25) is 0 Å². The van der Waals surface area contributed by atoms with Crippen molar-refractivity contribution in [2.75, 3.05) is 7.11 Å². The number of amides is 1. The molecule has 2 N–H and O–H groups in total. The van der Waals surface area contributed by atoms with E-state index < -0.39 is 17.3 Å². The molecule has 0 bridgehead atoms. The van der Waals surface area contributed by atoms with Gasteiger partial charge in [0.1, 0.15) is 11.1 Å². The molecule has 0 aromatic carbocycles. The highest BCUT2D eigenvalue weighted by molar-refractivity contribution is 6.16. The van der Waals surface area contributed by atoms with Crippen LogP contribution in [0.4, 0.5) is 0 Å². The average Bonchev–Trinajstić information content (AvgIpc) is 2.73. The van der Waals surface area contributed by atoms with E-state index in [9.17, 15) is 19.9 Å². The lowest BCUT2D eigenvalue weighted by Gasteiger charge is -2.21. The molecule has 1 atom stereocenters. The predicted molar refractivity (Wildman–Crippen MR) is 76.3 cm³/mol. The Morgan fingerprint density at radius 3 is 2.68 bits per heavy atom. The van der Waals surface area contributed by atoms with E-state index in [1.807, 2.05) is 13.8 Å². The number of carbonyl (C=O) groups excluding carboxylic acids is 2. The third kappa shape index (κ3) is 2.36. The summed E-state index contributed by atoms with van der Waals surface area (Å²) in [6.07, 6.45) is 0.876. The van der Waals surface area contributed by atoms with Crippen LogP contribution < -0.4 is 10.0 Å². The quantitative estimate of drug-likeness (QED) is 0.467. The van der Waals surface area contributed by atoms with Gasteiger partial charge >= 0.3 is 5.97 Å². The molecule has 0 radical (unpaired) electrons. The number of hydrogen-bond acceptors (Lipinski definition) is 6. The summed E-state index contributed by atoms with van der Waals surface area (Å²) in [4.78, 5) is 28.3. The highest BCUT2D eigenvalue weighted by Crippen LogP contribution is 2.27. The van der Waals surface area contributed by atoms with Gasteiger partial charge in [-0.3, -0.25) is 4.79 Å². The van der Waals surface area contributed by atoms with E-state index in [-0.39, 0.29) is 33.6 Å². The summed E-state index contributed by atoms with van der Waals surface area (Å²) in [5.74, 6) is -1.69. The lowest BCUT2D eigenvalue weighted by Crippen LogP contribution is -2.44. The number of aromatic nitrogens is 1. The van der Waals surface area contributed by atoms with E-state index in [2.05, 4.69) is 15.0 Å². The Kier molecular flexibility index (Phi) is 3.78. The molecule has 1 aromatic heterocycles. The summed E-state index contributed by atoms with van der Waals surface area (Å²) in [7, 11) is 1.15. The van der Waals surface area contributed by atoms with Crippen molar-refractivity contribution in [2.24, 2.45) is 10.9 Å². The van der Waals surface area contributed by atoms with Gasteiger partial charge in [0, 0.05) is 6.07 Å². The number of carbonyl (C=O) groups is 2. The van der Waals surface area contributed by atoms with Gasteiger partial charge in [-0.2, -0.15) is 4.73 Å². The van der Waals surface area contributed by atoms with Crippen LogP contribution in [0.3, 0.4) is 0 Å². The zero-order valence-electron chi connectivity index (χ0n) is 12.7. The van der Waals surface area contributed by atoms with Gasteiger partial charge in [-0.25, -0.2) is 9.79 Å². The number of nitrogens with one attached hydrogen (secondary N) is 1. The minimum atomic E-state index is -1.03. The van der Waals surface area contributed by atoms with Crippen LogP contribution in [0.1, 0.15) is 36.8 Å². The first-order valence-corrected chi connectivity index (χ1v) is 6.67. The fraction of sp³-hybridized carbons (Fsp3) is 0.429. The summed E-state index contributed by atoms with van der Waals surface area (Å²) >= 11 is 0. The van der Waals surface area contributed by atoms with Crippen LogP contribution in [0.5, 0.6) is 5.75 Å². The minimum absolute atomic E-state index is 0.0170. The zero-order chi connectivity index (χ0) is 16.7. The van der Waals surface area contributed by atoms with Crippen molar-refractivity contribution in [3.05, 3.63) is 28.7 Å². The monoisotopic (exact) mass is 307 g/mol. The van der Waals surface area contributed by atoms with E-state index in [1.54, 1.807) is 6.92 Å². The first kappa shape index (κ1) is 15.7. The van der Waals surface area contributed by atoms with E-state index in [0.717, 1.165) is 19.4 Å². The van der Waals surface area contributed by atoms with Crippen molar-refractivity contribution in [1.29, 1.82) is 0 Å². The van der Waals surface area contributed by atoms with Gasteiger partial charge in [-0.05, 0) is 12.8 Å². The molecule has 22 heavy (non-hydrogen) atoms. The Morgan fingerprint density at radius 1 is 1.55 bits per heavy atom. The molecule has 1 aliphatic heterocycles. The maximum Gasteiger partial charge on any atom is 0.345 e. The molecule has 0 saturated heterocycles. The molecule has 2 rings (SSSR count). The number of hydrogen-bond donors (Lipinski definition) is 2. The van der Waals surface area contributed by atoms with E-state index in [0.29, 0.717) is 0 Å². The second kappa shape index (κ2) is 5.28. The van der Waals surface area contributed by atoms with E-state index in [1.165, 1.54) is 0 Å². The number of rotatable bonds is 3. The summed E-state index contributed by atoms with van der Waals surface area (Å²) < 4.78 is 4.89. The van der Waals surface area contributed by atoms with Crippen LogP contribution >= 0.6 is 0 Å². The van der Waals surface area contributed by atoms with Gasteiger partial charge in [0.15, 0.2) is 5.75 Å². The Balaban J connectivity index is 2.64. The summed E-state index contributed by atoms with van der Waals surface area (Å²) in [5, 5.41) is 24.1. The molecular formula is C14H17N3O5. The SMILES string of the molecule is COC(=O)c1cc(O)c[n+]([O-])c1C1=NC(C)(C(C)C)C(=O)N1. The Bertz CT molecular complexity index is 683. The summed E-state index contributed by atoms with van der Waals surface area (Å²) in [6.45, 7) is 5.30. The molecule has 1 aliphatic rings. The van der Waals surface area contributed by atoms with E-state index >= 15 is 0 Å². The lowest BCUT2D eigenvalue weighted by atomic mass is 9.89. The molecule has 8 nitrogen and oxygen atoms in total. The smallest absolute Gasteiger partial charge is 0.345 e. The Labute approximate surface area is 127 Å². The highest BCUT2D eigenvalue weighted by atomic mass is 16.5. The van der Waals surface area contributed by atoms with Gasteiger partial charge in [-0.15, -0.1) is 0 Å². The normalized spacial score (nSPS) is 20.8. The topological polar surface area (TPSA) is 115 Å². The van der Waals surface area contributed by atoms with Crippen molar-refractivity contribution in [1.82, 2.24) is 5.32 Å². The Morgan fingerprint density at radius 2 is 2.18 bits per heavy atom. The average molecular weight is 307 g/mol. The molecule has 0 spiro atoms. The summed E-state index contributed by atoms with van der Waals surface area (Å²) in [5.41, 5.74) is -1.37. The van der Waals surface area contributed by atoms with Crippen LogP contribution in [0.25, 0.3) is 0 Å². The van der Waals surface area contributed by atoms with Gasteiger partial charge < -0.3 is 20.4 Å². The first-order valence-electron chi connectivity index (χ1n) is 6.67. The predicted octanol–water partition coefficient (Wildman–Crippen LogP) is 0.103. The van der Waals surface area contributed by atoms with Crippen molar-refractivity contribution in [3.63, 3.8) is 0 Å². The zero-order valence-corrected chi connectivity index (χ0v) is 12.7. The first-order chi connectivity index (χ1) is 10.2. The fourth-order valence-corrected chi connectivity index (χ4v) is 2.10. The largest absolute Gasteiger partial charge is 0.618 e. The maximum atomic E-state index is 12.1. The standard InChI is InChI=1S/C14H17N3O5/c1-7(2)14(3)13(20)15-11(16-14)10-9(12(19)22-4)5-8(18)6-17(10)21/h5-7,18H,1-4H3,(H,15,16,20). The lowest BCUT2D eigenvalue weighted by molar-refractivity contribution is -0.607. The van der Waals surface area contributed by atoms with Gasteiger partial charge in [-0.1, -0.05) is 13.8 Å². The number of ether oxygens (including phenoxy) is 1. The van der Waals surface area contributed by atoms with Crippen molar-refractivity contribution < 1.29 is 24.2 Å². The second-order valence-corrected chi connectivity index (χ2v) is 5.49. The van der Waals surface area contributed by atoms with Crippen LogP contribution in [-0.2, 0) is 9.53 Å². The number of amidine groups is 1. The number of nitrogens with zero attached hydrogens (tertiary/aromatic N) is 2. The molecule has 1 aromatic rings. The van der Waals surface area contributed by atoms with Crippen LogP contribution in [-0.4, -0.2) is 35.5 Å². The van der Waals surface area contributed by atoms with Gasteiger partial charge in [0.25, 0.3) is 11.6 Å². The van der Waals surface area contributed by atoms with E-state index in [4.69, 9.17) is 0 Å². The molecule has 1 unspecified atom stereocenters. The van der Waals surface area contributed by atoms with Crippen molar-refractivity contribution >= 4 is 17.7 Å². The highest BCUT2D eigenvalue weighted by Gasteiger charge is 2.45. The Hall–Kier alpha value is -2.64. The number of methoxy groups -OCH3 is 1.